The molecule has 7 heteroatoms. The van der Waals surface area contributed by atoms with Crippen LogP contribution in [-0.2, 0) is 28.3 Å². The molecule has 0 saturated carbocycles. The Bertz CT molecular complexity index is 1140. The van der Waals surface area contributed by atoms with Gasteiger partial charge in [-0.1, -0.05) is 73.1 Å². The zero-order valence-electron chi connectivity index (χ0n) is 21.7. The Labute approximate surface area is 229 Å². The second-order valence-corrected chi connectivity index (χ2v) is 10.4. The number of ether oxygens (including phenoxy) is 1. The van der Waals surface area contributed by atoms with Crippen LogP contribution in [0.3, 0.4) is 0 Å². The van der Waals surface area contributed by atoms with Crippen molar-refractivity contribution in [2.24, 2.45) is 0 Å². The summed E-state index contributed by atoms with van der Waals surface area (Å²) in [6.45, 7) is 4.31. The first kappa shape index (κ1) is 28.6. The summed E-state index contributed by atoms with van der Waals surface area (Å²) in [7, 11) is 1.64. The lowest BCUT2D eigenvalue weighted by atomic mass is 10.0. The van der Waals surface area contributed by atoms with Gasteiger partial charge in [-0.3, -0.25) is 9.59 Å². The SMILES string of the molecule is CC[C@@H](C)NC(=O)[C@H](Cc1ccccc1)N(Cc1cccc(Cl)c1)C(=O)CSCc1ccc(OC)cc1. The van der Waals surface area contributed by atoms with Crippen LogP contribution in [0, 0.1) is 0 Å². The topological polar surface area (TPSA) is 58.6 Å². The Balaban J connectivity index is 1.83. The van der Waals surface area contributed by atoms with Gasteiger partial charge in [0.25, 0.3) is 0 Å². The highest BCUT2D eigenvalue weighted by molar-refractivity contribution is 7.99. The van der Waals surface area contributed by atoms with Crippen LogP contribution >= 0.6 is 23.4 Å². The molecule has 0 unspecified atom stereocenters. The van der Waals surface area contributed by atoms with E-state index in [-0.39, 0.29) is 23.6 Å². The van der Waals surface area contributed by atoms with E-state index in [1.165, 1.54) is 11.8 Å². The minimum Gasteiger partial charge on any atom is -0.497 e. The number of halogens is 1. The number of methoxy groups -OCH3 is 1. The molecule has 5 nitrogen and oxygen atoms in total. The van der Waals surface area contributed by atoms with E-state index in [0.717, 1.165) is 28.9 Å². The number of hydrogen-bond donors (Lipinski definition) is 1. The number of benzene rings is 3. The number of hydrogen-bond acceptors (Lipinski definition) is 4. The van der Waals surface area contributed by atoms with Crippen LogP contribution in [0.25, 0.3) is 0 Å². The molecule has 2 atom stereocenters. The number of carbonyl (C=O) groups is 2. The van der Waals surface area contributed by atoms with Crippen molar-refractivity contribution in [3.05, 3.63) is 101 Å². The first-order valence-electron chi connectivity index (χ1n) is 12.5. The van der Waals surface area contributed by atoms with E-state index in [9.17, 15) is 9.59 Å². The predicted molar refractivity (Wildman–Crippen MR) is 153 cm³/mol. The van der Waals surface area contributed by atoms with E-state index in [0.29, 0.717) is 23.7 Å². The molecule has 2 amide bonds. The van der Waals surface area contributed by atoms with Crippen molar-refractivity contribution in [1.29, 1.82) is 0 Å². The number of carbonyl (C=O) groups excluding carboxylic acids is 2. The fraction of sp³-hybridized carbons (Fsp3) is 0.333. The summed E-state index contributed by atoms with van der Waals surface area (Å²) in [5.41, 5.74) is 2.99. The van der Waals surface area contributed by atoms with Gasteiger partial charge in [0.1, 0.15) is 11.8 Å². The van der Waals surface area contributed by atoms with Crippen molar-refractivity contribution >= 4 is 35.2 Å². The van der Waals surface area contributed by atoms with E-state index >= 15 is 0 Å². The van der Waals surface area contributed by atoms with Crippen LogP contribution < -0.4 is 10.1 Å². The summed E-state index contributed by atoms with van der Waals surface area (Å²) in [6.07, 6.45) is 1.24. The molecule has 37 heavy (non-hydrogen) atoms. The summed E-state index contributed by atoms with van der Waals surface area (Å²) in [5.74, 6) is 1.51. The van der Waals surface area contributed by atoms with Crippen LogP contribution in [0.2, 0.25) is 5.02 Å². The molecule has 0 aliphatic carbocycles. The van der Waals surface area contributed by atoms with E-state index in [1.54, 1.807) is 18.1 Å². The van der Waals surface area contributed by atoms with Crippen molar-refractivity contribution in [2.75, 3.05) is 12.9 Å². The highest BCUT2D eigenvalue weighted by atomic mass is 35.5. The van der Waals surface area contributed by atoms with Gasteiger partial charge < -0.3 is 15.0 Å². The average Bonchev–Trinajstić information content (AvgIpc) is 2.91. The van der Waals surface area contributed by atoms with Crippen molar-refractivity contribution in [3.63, 3.8) is 0 Å². The quantitative estimate of drug-likeness (QED) is 0.284. The molecule has 0 aliphatic rings. The molecule has 0 radical (unpaired) electrons. The molecule has 0 fully saturated rings. The lowest BCUT2D eigenvalue weighted by Gasteiger charge is -2.32. The van der Waals surface area contributed by atoms with Gasteiger partial charge in [-0.05, 0) is 54.3 Å². The minimum atomic E-state index is -0.649. The average molecular weight is 539 g/mol. The first-order chi connectivity index (χ1) is 17.9. The Morgan fingerprint density at radius 1 is 0.973 bits per heavy atom. The van der Waals surface area contributed by atoms with E-state index in [2.05, 4.69) is 5.32 Å². The van der Waals surface area contributed by atoms with Gasteiger partial charge in [0.2, 0.25) is 11.8 Å². The predicted octanol–water partition coefficient (Wildman–Crippen LogP) is 6.14. The van der Waals surface area contributed by atoms with E-state index < -0.39 is 6.04 Å². The van der Waals surface area contributed by atoms with Crippen LogP contribution in [0.4, 0.5) is 0 Å². The molecule has 1 N–H and O–H groups in total. The molecule has 3 aromatic carbocycles. The fourth-order valence-electron chi connectivity index (χ4n) is 3.89. The summed E-state index contributed by atoms with van der Waals surface area (Å²) >= 11 is 7.78. The van der Waals surface area contributed by atoms with Crippen LogP contribution in [0.1, 0.15) is 37.0 Å². The van der Waals surface area contributed by atoms with E-state index in [4.69, 9.17) is 16.3 Å². The molecule has 0 heterocycles. The molecule has 196 valence electrons. The van der Waals surface area contributed by atoms with Gasteiger partial charge in [-0.2, -0.15) is 0 Å². The van der Waals surface area contributed by atoms with Crippen molar-refractivity contribution in [2.45, 2.75) is 51.1 Å². The second kappa shape index (κ2) is 14.7. The summed E-state index contributed by atoms with van der Waals surface area (Å²) < 4.78 is 5.23. The molecule has 3 rings (SSSR count). The molecule has 0 saturated heterocycles. The number of rotatable bonds is 13. The maximum absolute atomic E-state index is 13.7. The maximum Gasteiger partial charge on any atom is 0.243 e. The lowest BCUT2D eigenvalue weighted by Crippen LogP contribution is -2.52. The number of nitrogens with zero attached hydrogens (tertiary/aromatic N) is 1. The standard InChI is InChI=1S/C30H35ClN2O3S/c1-4-22(2)32-30(35)28(18-23-9-6-5-7-10-23)33(19-25-11-8-12-26(31)17-25)29(34)21-37-20-24-13-15-27(36-3)16-14-24/h5-17,22,28H,4,18-21H2,1-3H3,(H,32,35)/t22-,28+/m1/s1. The normalized spacial score (nSPS) is 12.4. The summed E-state index contributed by atoms with van der Waals surface area (Å²) in [5, 5.41) is 3.70. The van der Waals surface area contributed by atoms with Gasteiger partial charge in [-0.15, -0.1) is 11.8 Å². The third-order valence-corrected chi connectivity index (χ3v) is 7.39. The Morgan fingerprint density at radius 2 is 1.68 bits per heavy atom. The van der Waals surface area contributed by atoms with Gasteiger partial charge in [0, 0.05) is 29.8 Å². The molecular formula is C30H35ClN2O3S. The van der Waals surface area contributed by atoms with Gasteiger partial charge >= 0.3 is 0 Å². The lowest BCUT2D eigenvalue weighted by molar-refractivity contribution is -0.139. The number of thioether (sulfide) groups is 1. The Morgan fingerprint density at radius 3 is 2.32 bits per heavy atom. The third-order valence-electron chi connectivity index (χ3n) is 6.17. The zero-order valence-corrected chi connectivity index (χ0v) is 23.2. The molecule has 3 aromatic rings. The maximum atomic E-state index is 13.7. The van der Waals surface area contributed by atoms with Gasteiger partial charge in [-0.25, -0.2) is 0 Å². The summed E-state index contributed by atoms with van der Waals surface area (Å²) in [4.78, 5) is 28.9. The smallest absolute Gasteiger partial charge is 0.243 e. The molecule has 0 bridgehead atoms. The largest absolute Gasteiger partial charge is 0.497 e. The number of nitrogens with one attached hydrogen (secondary N) is 1. The zero-order chi connectivity index (χ0) is 26.6. The minimum absolute atomic E-state index is 0.0124. The highest BCUT2D eigenvalue weighted by Gasteiger charge is 2.30. The molecule has 0 aliphatic heterocycles. The Hall–Kier alpha value is -2.96. The van der Waals surface area contributed by atoms with Crippen LogP contribution in [-0.4, -0.2) is 41.7 Å². The van der Waals surface area contributed by atoms with Crippen molar-refractivity contribution < 1.29 is 14.3 Å². The van der Waals surface area contributed by atoms with Gasteiger partial charge in [0.15, 0.2) is 0 Å². The van der Waals surface area contributed by atoms with Crippen molar-refractivity contribution in [3.8, 4) is 5.75 Å². The second-order valence-electron chi connectivity index (χ2n) is 9.02. The molecular weight excluding hydrogens is 504 g/mol. The molecule has 0 spiro atoms. The van der Waals surface area contributed by atoms with Crippen molar-refractivity contribution in [1.82, 2.24) is 10.2 Å². The van der Waals surface area contributed by atoms with E-state index in [1.807, 2.05) is 86.6 Å². The monoisotopic (exact) mass is 538 g/mol. The Kier molecular flexibility index (Phi) is 11.4. The van der Waals surface area contributed by atoms with Crippen LogP contribution in [0.5, 0.6) is 5.75 Å². The highest BCUT2D eigenvalue weighted by Crippen LogP contribution is 2.21. The molecule has 0 aromatic heterocycles. The fourth-order valence-corrected chi connectivity index (χ4v) is 4.97. The number of amides is 2. The summed E-state index contributed by atoms with van der Waals surface area (Å²) in [6, 6.07) is 24.5. The third kappa shape index (κ3) is 9.13. The van der Waals surface area contributed by atoms with Crippen LogP contribution in [0.15, 0.2) is 78.9 Å². The van der Waals surface area contributed by atoms with Gasteiger partial charge in [0.05, 0.1) is 12.9 Å². The first-order valence-corrected chi connectivity index (χ1v) is 14.0.